The Bertz CT molecular complexity index is 1010. The third-order valence-electron chi connectivity index (χ3n) is 5.12. The van der Waals surface area contributed by atoms with Crippen LogP contribution in [0.25, 0.3) is 0 Å². The van der Waals surface area contributed by atoms with Gasteiger partial charge in [-0.15, -0.1) is 0 Å². The Morgan fingerprint density at radius 3 is 2.43 bits per heavy atom. The van der Waals surface area contributed by atoms with Crippen LogP contribution in [0.15, 0.2) is 36.4 Å². The fourth-order valence-electron chi connectivity index (χ4n) is 3.70. The number of nitrogens with one attached hydrogen (secondary N) is 1. The Kier molecular flexibility index (Phi) is 5.93. The molecule has 158 valence electrons. The fraction of sp³-hybridized carbons (Fsp3) is 0.286. The fourth-order valence-corrected chi connectivity index (χ4v) is 3.70. The number of amides is 2. The van der Waals surface area contributed by atoms with E-state index in [9.17, 15) is 29.7 Å². The number of hydrogen-bond donors (Lipinski definition) is 4. The number of urea groups is 1. The predicted octanol–water partition coefficient (Wildman–Crippen LogP) is 2.28. The smallest absolute Gasteiger partial charge is 0.339 e. The first-order valence-electron chi connectivity index (χ1n) is 9.44. The summed E-state index contributed by atoms with van der Waals surface area (Å²) in [7, 11) is 0. The van der Waals surface area contributed by atoms with Crippen LogP contribution in [0.1, 0.15) is 45.8 Å². The predicted molar refractivity (Wildman–Crippen MR) is 108 cm³/mol. The van der Waals surface area contributed by atoms with Gasteiger partial charge in [0.1, 0.15) is 6.54 Å². The molecule has 2 aromatic carbocycles. The summed E-state index contributed by atoms with van der Waals surface area (Å²) in [6, 6.07) is 9.29. The number of aryl methyl sites for hydroxylation is 2. The van der Waals surface area contributed by atoms with Crippen LogP contribution in [0.4, 0.5) is 10.5 Å². The van der Waals surface area contributed by atoms with E-state index in [0.29, 0.717) is 0 Å². The number of aliphatic hydroxyl groups excluding tert-OH is 1. The van der Waals surface area contributed by atoms with E-state index in [-0.39, 0.29) is 23.4 Å². The second-order valence-electron chi connectivity index (χ2n) is 6.94. The number of aromatic carboxylic acids is 1. The molecule has 0 fully saturated rings. The summed E-state index contributed by atoms with van der Waals surface area (Å²) >= 11 is 0. The number of nitrogens with zero attached hydrogens (tertiary/aromatic N) is 2. The standard InChI is InChI=1S/C21H23N3O6/c1-3-13-7-4-6-12(2)16(13)10-22-21(30)24-19(27)14-8-5-9-15(20(28)29)18(14)23(24)11-17(25)26/h4-9,19,27H,3,10-11H2,1-2H3,(H,22,30)(H,25,26)(H,28,29). The molecule has 2 aromatic rings. The summed E-state index contributed by atoms with van der Waals surface area (Å²) in [5.74, 6) is -2.57. The third kappa shape index (κ3) is 3.79. The van der Waals surface area contributed by atoms with Gasteiger partial charge in [-0.05, 0) is 36.1 Å². The van der Waals surface area contributed by atoms with Gasteiger partial charge in [-0.1, -0.05) is 37.3 Å². The Morgan fingerprint density at radius 2 is 1.80 bits per heavy atom. The highest BCUT2D eigenvalue weighted by molar-refractivity contribution is 5.98. The molecule has 1 atom stereocenters. The van der Waals surface area contributed by atoms with Crippen LogP contribution in [-0.4, -0.2) is 44.8 Å². The van der Waals surface area contributed by atoms with Crippen molar-refractivity contribution < 1.29 is 29.7 Å². The summed E-state index contributed by atoms with van der Waals surface area (Å²) in [5, 5.41) is 34.0. The number of benzene rings is 2. The van der Waals surface area contributed by atoms with Crippen LogP contribution < -0.4 is 10.3 Å². The number of rotatable bonds is 6. The van der Waals surface area contributed by atoms with Gasteiger partial charge in [-0.3, -0.25) is 9.80 Å². The monoisotopic (exact) mass is 413 g/mol. The van der Waals surface area contributed by atoms with E-state index in [1.54, 1.807) is 0 Å². The second kappa shape index (κ2) is 8.42. The number of anilines is 1. The first kappa shape index (κ1) is 21.1. The lowest BCUT2D eigenvalue weighted by atomic mass is 10.0. The molecule has 0 saturated carbocycles. The zero-order valence-corrected chi connectivity index (χ0v) is 16.6. The zero-order valence-electron chi connectivity index (χ0n) is 16.6. The number of carbonyl (C=O) groups excluding carboxylic acids is 1. The molecular weight excluding hydrogens is 390 g/mol. The number of carboxylic acid groups (broad SMARTS) is 2. The molecule has 9 nitrogen and oxygen atoms in total. The van der Waals surface area contributed by atoms with Crippen molar-refractivity contribution in [1.82, 2.24) is 10.3 Å². The van der Waals surface area contributed by atoms with Crippen LogP contribution in [0.3, 0.4) is 0 Å². The lowest BCUT2D eigenvalue weighted by molar-refractivity contribution is -0.136. The minimum atomic E-state index is -1.51. The first-order chi connectivity index (χ1) is 14.3. The molecule has 0 spiro atoms. The van der Waals surface area contributed by atoms with Gasteiger partial charge in [0.15, 0.2) is 6.23 Å². The molecule has 1 aliphatic rings. The molecule has 1 heterocycles. The van der Waals surface area contributed by atoms with Crippen molar-refractivity contribution in [3.63, 3.8) is 0 Å². The molecule has 0 aromatic heterocycles. The number of hydrogen-bond acceptors (Lipinski definition) is 5. The maximum Gasteiger partial charge on any atom is 0.339 e. The Morgan fingerprint density at radius 1 is 1.10 bits per heavy atom. The van der Waals surface area contributed by atoms with E-state index < -0.39 is 30.7 Å². The highest BCUT2D eigenvalue weighted by Crippen LogP contribution is 2.40. The summed E-state index contributed by atoms with van der Waals surface area (Å²) < 4.78 is 0. The van der Waals surface area contributed by atoms with Gasteiger partial charge in [-0.25, -0.2) is 14.6 Å². The van der Waals surface area contributed by atoms with E-state index in [1.807, 2.05) is 32.0 Å². The highest BCUT2D eigenvalue weighted by Gasteiger charge is 2.42. The number of para-hydroxylation sites is 1. The van der Waals surface area contributed by atoms with Gasteiger partial charge >= 0.3 is 18.0 Å². The molecule has 0 aliphatic carbocycles. The van der Waals surface area contributed by atoms with E-state index in [0.717, 1.165) is 33.1 Å². The van der Waals surface area contributed by atoms with Crippen LogP contribution in [-0.2, 0) is 17.8 Å². The third-order valence-corrected chi connectivity index (χ3v) is 5.12. The quantitative estimate of drug-likeness (QED) is 0.571. The molecular formula is C21H23N3O6. The summed E-state index contributed by atoms with van der Waals surface area (Å²) in [4.78, 5) is 36.0. The van der Waals surface area contributed by atoms with E-state index in [4.69, 9.17) is 0 Å². The minimum Gasteiger partial charge on any atom is -0.480 e. The van der Waals surface area contributed by atoms with Crippen molar-refractivity contribution in [2.75, 3.05) is 11.6 Å². The zero-order chi connectivity index (χ0) is 22.0. The Hall–Kier alpha value is -3.59. The lowest BCUT2D eigenvalue weighted by Gasteiger charge is -2.31. The molecule has 0 saturated heterocycles. The molecule has 1 aliphatic heterocycles. The topological polar surface area (TPSA) is 130 Å². The minimum absolute atomic E-state index is 0.0137. The average molecular weight is 413 g/mol. The average Bonchev–Trinajstić information content (AvgIpc) is 2.97. The van der Waals surface area contributed by atoms with Crippen LogP contribution in [0.5, 0.6) is 0 Å². The first-order valence-corrected chi connectivity index (χ1v) is 9.44. The van der Waals surface area contributed by atoms with Gasteiger partial charge in [0, 0.05) is 12.1 Å². The SMILES string of the molecule is CCc1cccc(C)c1CNC(=O)N1C(O)c2cccc(C(=O)O)c2N1CC(=O)O. The largest absolute Gasteiger partial charge is 0.480 e. The number of fused-ring (bicyclic) bond motifs is 1. The molecule has 0 bridgehead atoms. The van der Waals surface area contributed by atoms with E-state index in [2.05, 4.69) is 5.32 Å². The maximum absolute atomic E-state index is 13.0. The van der Waals surface area contributed by atoms with Crippen molar-refractivity contribution in [1.29, 1.82) is 0 Å². The van der Waals surface area contributed by atoms with Gasteiger partial charge in [0.25, 0.3) is 0 Å². The lowest BCUT2D eigenvalue weighted by Crippen LogP contribution is -2.51. The van der Waals surface area contributed by atoms with Crippen LogP contribution in [0, 0.1) is 6.92 Å². The van der Waals surface area contributed by atoms with Gasteiger partial charge in [0.05, 0.1) is 11.3 Å². The van der Waals surface area contributed by atoms with Crippen LogP contribution >= 0.6 is 0 Å². The van der Waals surface area contributed by atoms with Crippen molar-refractivity contribution in [3.8, 4) is 0 Å². The Balaban J connectivity index is 1.92. The highest BCUT2D eigenvalue weighted by atomic mass is 16.4. The van der Waals surface area contributed by atoms with E-state index >= 15 is 0 Å². The molecule has 3 rings (SSSR count). The van der Waals surface area contributed by atoms with Crippen LogP contribution in [0.2, 0.25) is 0 Å². The van der Waals surface area contributed by atoms with Crippen molar-refractivity contribution >= 4 is 23.7 Å². The van der Waals surface area contributed by atoms with E-state index in [1.165, 1.54) is 18.2 Å². The number of aliphatic carboxylic acids is 1. The summed E-state index contributed by atoms with van der Waals surface area (Å²) in [6.07, 6.45) is -0.737. The van der Waals surface area contributed by atoms with Crippen molar-refractivity contribution in [2.45, 2.75) is 33.0 Å². The van der Waals surface area contributed by atoms with Gasteiger partial charge < -0.3 is 20.6 Å². The molecule has 9 heteroatoms. The number of carboxylic acids is 2. The summed E-state index contributed by atoms with van der Waals surface area (Å²) in [6.45, 7) is 3.42. The molecule has 30 heavy (non-hydrogen) atoms. The Labute approximate surface area is 173 Å². The molecule has 1 unspecified atom stereocenters. The van der Waals surface area contributed by atoms with Gasteiger partial charge in [0.2, 0.25) is 0 Å². The second-order valence-corrected chi connectivity index (χ2v) is 6.94. The van der Waals surface area contributed by atoms with Crippen molar-refractivity contribution in [2.24, 2.45) is 0 Å². The number of hydrazine groups is 1. The normalized spacial score (nSPS) is 15.1. The summed E-state index contributed by atoms with van der Waals surface area (Å²) in [5.41, 5.74) is 2.94. The molecule has 4 N–H and O–H groups in total. The number of carbonyl (C=O) groups is 3. The molecule has 0 radical (unpaired) electrons. The molecule has 2 amide bonds. The van der Waals surface area contributed by atoms with Crippen molar-refractivity contribution in [3.05, 3.63) is 64.2 Å². The van der Waals surface area contributed by atoms with Gasteiger partial charge in [-0.2, -0.15) is 0 Å². The number of aliphatic hydroxyl groups is 1. The maximum atomic E-state index is 13.0.